The standard InChI is InChI=1S/C16H23BN2O4/c1-15(2)16(3,4)23-17(22-15)11-5-7-12(8-6-11)19(14(18)20)13-9-21-10-13/h5-8,13H,9-10H2,1-4H3,(H2,18,20). The minimum atomic E-state index is -0.471. The molecule has 0 atom stereocenters. The van der Waals surface area contributed by atoms with E-state index in [9.17, 15) is 4.79 Å². The first kappa shape index (κ1) is 16.3. The second-order valence-corrected chi connectivity index (χ2v) is 7.08. The monoisotopic (exact) mass is 318 g/mol. The molecule has 2 fully saturated rings. The summed E-state index contributed by atoms with van der Waals surface area (Å²) in [4.78, 5) is 13.3. The van der Waals surface area contributed by atoms with E-state index in [-0.39, 0.29) is 17.2 Å². The van der Waals surface area contributed by atoms with E-state index in [4.69, 9.17) is 19.8 Å². The fourth-order valence-electron chi connectivity index (χ4n) is 2.66. The van der Waals surface area contributed by atoms with Gasteiger partial charge in [0.2, 0.25) is 0 Å². The van der Waals surface area contributed by atoms with Crippen molar-refractivity contribution in [3.05, 3.63) is 24.3 Å². The van der Waals surface area contributed by atoms with Gasteiger partial charge < -0.3 is 19.8 Å². The van der Waals surface area contributed by atoms with Crippen LogP contribution in [0.4, 0.5) is 10.5 Å². The largest absolute Gasteiger partial charge is 0.494 e. The van der Waals surface area contributed by atoms with Crippen LogP contribution in [0.15, 0.2) is 24.3 Å². The van der Waals surface area contributed by atoms with Crippen LogP contribution in [0.1, 0.15) is 27.7 Å². The molecule has 7 heteroatoms. The predicted octanol–water partition coefficient (Wildman–Crippen LogP) is 1.27. The highest BCUT2D eigenvalue weighted by molar-refractivity contribution is 6.62. The van der Waals surface area contributed by atoms with Gasteiger partial charge in [0.25, 0.3) is 0 Å². The minimum Gasteiger partial charge on any atom is -0.399 e. The van der Waals surface area contributed by atoms with Crippen molar-refractivity contribution >= 4 is 24.3 Å². The van der Waals surface area contributed by atoms with E-state index in [1.807, 2.05) is 52.0 Å². The van der Waals surface area contributed by atoms with E-state index in [1.165, 1.54) is 0 Å². The quantitative estimate of drug-likeness (QED) is 0.852. The number of anilines is 1. The third-order valence-corrected chi connectivity index (χ3v) is 4.92. The molecule has 2 N–H and O–H groups in total. The van der Waals surface area contributed by atoms with Gasteiger partial charge in [-0.05, 0) is 45.3 Å². The molecule has 0 unspecified atom stereocenters. The second-order valence-electron chi connectivity index (χ2n) is 7.08. The van der Waals surface area contributed by atoms with E-state index in [0.717, 1.165) is 11.2 Å². The first-order valence-electron chi connectivity index (χ1n) is 7.83. The number of nitrogens with zero attached hydrogens (tertiary/aromatic N) is 1. The summed E-state index contributed by atoms with van der Waals surface area (Å²) in [5.74, 6) is 0. The molecule has 2 aliphatic heterocycles. The highest BCUT2D eigenvalue weighted by Gasteiger charge is 2.51. The van der Waals surface area contributed by atoms with Gasteiger partial charge in [0.15, 0.2) is 0 Å². The molecule has 1 aromatic carbocycles. The Morgan fingerprint density at radius 3 is 2.04 bits per heavy atom. The van der Waals surface area contributed by atoms with E-state index in [1.54, 1.807) is 4.90 Å². The van der Waals surface area contributed by atoms with Gasteiger partial charge in [0.05, 0.1) is 30.5 Å². The molecule has 0 radical (unpaired) electrons. The topological polar surface area (TPSA) is 74.0 Å². The lowest BCUT2D eigenvalue weighted by Gasteiger charge is -2.36. The molecule has 3 rings (SSSR count). The Bertz CT molecular complexity index is 583. The summed E-state index contributed by atoms with van der Waals surface area (Å²) in [5, 5.41) is 0. The van der Waals surface area contributed by atoms with Gasteiger partial charge in [-0.25, -0.2) is 4.79 Å². The molecule has 23 heavy (non-hydrogen) atoms. The van der Waals surface area contributed by atoms with Crippen LogP contribution in [-0.4, -0.2) is 43.6 Å². The smallest absolute Gasteiger partial charge is 0.399 e. The first-order valence-corrected chi connectivity index (χ1v) is 7.83. The van der Waals surface area contributed by atoms with E-state index in [2.05, 4.69) is 0 Å². The Labute approximate surface area is 137 Å². The van der Waals surface area contributed by atoms with Gasteiger partial charge in [-0.2, -0.15) is 0 Å². The molecule has 1 aromatic rings. The molecular formula is C16H23BN2O4. The van der Waals surface area contributed by atoms with Crippen LogP contribution in [0.3, 0.4) is 0 Å². The third-order valence-electron chi connectivity index (χ3n) is 4.92. The fourth-order valence-corrected chi connectivity index (χ4v) is 2.66. The molecule has 0 saturated carbocycles. The highest BCUT2D eigenvalue weighted by atomic mass is 16.7. The maximum absolute atomic E-state index is 11.7. The molecule has 6 nitrogen and oxygen atoms in total. The summed E-state index contributed by atoms with van der Waals surface area (Å²) in [5.41, 5.74) is 6.41. The van der Waals surface area contributed by atoms with Crippen LogP contribution in [0.5, 0.6) is 0 Å². The zero-order valence-corrected chi connectivity index (χ0v) is 14.0. The number of hydrogen-bond donors (Lipinski definition) is 1. The number of primary amides is 1. The maximum atomic E-state index is 11.7. The van der Waals surface area contributed by atoms with E-state index >= 15 is 0 Å². The van der Waals surface area contributed by atoms with Gasteiger partial charge in [0.1, 0.15) is 0 Å². The normalized spacial score (nSPS) is 22.7. The average Bonchev–Trinajstić information content (AvgIpc) is 2.62. The molecule has 0 bridgehead atoms. The average molecular weight is 318 g/mol. The Hall–Kier alpha value is -1.57. The Balaban J connectivity index is 1.79. The van der Waals surface area contributed by atoms with E-state index < -0.39 is 13.1 Å². The molecule has 2 amide bonds. The molecule has 0 spiro atoms. The number of amides is 2. The molecule has 2 aliphatic rings. The lowest BCUT2D eigenvalue weighted by molar-refractivity contribution is 0.00578. The van der Waals surface area contributed by atoms with Crippen LogP contribution < -0.4 is 16.1 Å². The summed E-state index contributed by atoms with van der Waals surface area (Å²) in [6.45, 7) is 9.11. The zero-order chi connectivity index (χ0) is 16.8. The molecule has 2 heterocycles. The van der Waals surface area contributed by atoms with Gasteiger partial charge in [-0.3, -0.25) is 4.90 Å². The number of benzene rings is 1. The highest BCUT2D eigenvalue weighted by Crippen LogP contribution is 2.36. The van der Waals surface area contributed by atoms with Crippen molar-refractivity contribution in [3.63, 3.8) is 0 Å². The van der Waals surface area contributed by atoms with Crippen molar-refractivity contribution in [2.24, 2.45) is 5.73 Å². The second kappa shape index (κ2) is 5.51. The lowest BCUT2D eigenvalue weighted by atomic mass is 9.79. The van der Waals surface area contributed by atoms with E-state index in [0.29, 0.717) is 13.2 Å². The van der Waals surface area contributed by atoms with Crippen LogP contribution in [-0.2, 0) is 14.0 Å². The number of hydrogen-bond acceptors (Lipinski definition) is 4. The summed E-state index contributed by atoms with van der Waals surface area (Å²) < 4.78 is 17.2. The van der Waals surface area contributed by atoms with Gasteiger partial charge in [-0.1, -0.05) is 12.1 Å². The number of ether oxygens (including phenoxy) is 1. The van der Waals surface area contributed by atoms with Crippen molar-refractivity contribution in [2.45, 2.75) is 44.9 Å². The van der Waals surface area contributed by atoms with Crippen molar-refractivity contribution in [1.29, 1.82) is 0 Å². The molecule has 0 aliphatic carbocycles. The lowest BCUT2D eigenvalue weighted by Crippen LogP contribution is -2.54. The van der Waals surface area contributed by atoms with Crippen LogP contribution in [0.2, 0.25) is 0 Å². The molecule has 2 saturated heterocycles. The van der Waals surface area contributed by atoms with Crippen molar-refractivity contribution in [1.82, 2.24) is 0 Å². The Kier molecular flexibility index (Phi) is 3.90. The number of rotatable bonds is 3. The van der Waals surface area contributed by atoms with Crippen LogP contribution >= 0.6 is 0 Å². The Morgan fingerprint density at radius 2 is 1.65 bits per heavy atom. The summed E-state index contributed by atoms with van der Waals surface area (Å²) in [6.07, 6.45) is 0. The number of nitrogens with two attached hydrogens (primary N) is 1. The number of carbonyl (C=O) groups is 1. The maximum Gasteiger partial charge on any atom is 0.494 e. The van der Waals surface area contributed by atoms with Crippen molar-refractivity contribution in [3.8, 4) is 0 Å². The Morgan fingerprint density at radius 1 is 1.13 bits per heavy atom. The first-order chi connectivity index (χ1) is 10.7. The summed E-state index contributed by atoms with van der Waals surface area (Å²) in [6, 6.07) is 7.09. The van der Waals surface area contributed by atoms with Crippen molar-refractivity contribution in [2.75, 3.05) is 18.1 Å². The van der Waals surface area contributed by atoms with Crippen molar-refractivity contribution < 1.29 is 18.8 Å². The fraction of sp³-hybridized carbons (Fsp3) is 0.562. The SMILES string of the molecule is CC1(C)OB(c2ccc(N(C(N)=O)C3COC3)cc2)OC1(C)C. The summed E-state index contributed by atoms with van der Waals surface area (Å²) >= 11 is 0. The molecular weight excluding hydrogens is 295 g/mol. The summed E-state index contributed by atoms with van der Waals surface area (Å²) in [7, 11) is -0.414. The molecule has 124 valence electrons. The number of carbonyl (C=O) groups excluding carboxylic acids is 1. The van der Waals surface area contributed by atoms with Gasteiger partial charge >= 0.3 is 13.1 Å². The number of urea groups is 1. The molecule has 0 aromatic heterocycles. The van der Waals surface area contributed by atoms with Crippen LogP contribution in [0, 0.1) is 0 Å². The zero-order valence-electron chi connectivity index (χ0n) is 14.0. The predicted molar refractivity (Wildman–Crippen MR) is 88.8 cm³/mol. The van der Waals surface area contributed by atoms with Gasteiger partial charge in [-0.15, -0.1) is 0 Å². The van der Waals surface area contributed by atoms with Gasteiger partial charge in [0, 0.05) is 5.69 Å². The third kappa shape index (κ3) is 2.84. The van der Waals surface area contributed by atoms with Crippen LogP contribution in [0.25, 0.3) is 0 Å². The minimum absolute atomic E-state index is 0.00944.